The smallest absolute Gasteiger partial charge is 0.128 e. The number of hydrogen-bond acceptors (Lipinski definition) is 2. The van der Waals surface area contributed by atoms with Crippen molar-refractivity contribution in [3.8, 4) is 0 Å². The molecule has 2 atom stereocenters. The van der Waals surface area contributed by atoms with Crippen molar-refractivity contribution in [2.24, 2.45) is 11.7 Å². The van der Waals surface area contributed by atoms with Gasteiger partial charge in [0.2, 0.25) is 0 Å². The van der Waals surface area contributed by atoms with E-state index in [-0.39, 0.29) is 11.5 Å². The van der Waals surface area contributed by atoms with E-state index in [2.05, 4.69) is 0 Å². The van der Waals surface area contributed by atoms with Gasteiger partial charge in [-0.05, 0) is 30.5 Å². The lowest BCUT2D eigenvalue weighted by Gasteiger charge is -2.21. The van der Waals surface area contributed by atoms with E-state index in [0.717, 1.165) is 18.2 Å². The highest BCUT2D eigenvalue weighted by atomic mass is 19.1. The molecule has 0 radical (unpaired) electrons. The van der Waals surface area contributed by atoms with E-state index in [1.807, 2.05) is 13.8 Å². The van der Waals surface area contributed by atoms with Crippen molar-refractivity contribution in [1.82, 2.24) is 0 Å². The van der Waals surface area contributed by atoms with E-state index in [9.17, 15) is 13.9 Å². The summed E-state index contributed by atoms with van der Waals surface area (Å²) in [6, 6.07) is 2.19. The standard InChI is InChI=1S/C12H17F2NO/c1-7(2)5-11(16)12(15)9-6-8(13)3-4-10(9)14/h3-4,6-7,11-12,16H,5,15H2,1-2H3/t11-,12+/m0/s1. The molecule has 3 N–H and O–H groups in total. The Morgan fingerprint density at radius 1 is 1.31 bits per heavy atom. The van der Waals surface area contributed by atoms with Crippen LogP contribution in [0, 0.1) is 17.6 Å². The van der Waals surface area contributed by atoms with Gasteiger partial charge in [0.1, 0.15) is 11.6 Å². The molecule has 0 aliphatic carbocycles. The average Bonchev–Trinajstić information content (AvgIpc) is 2.19. The van der Waals surface area contributed by atoms with Crippen LogP contribution in [0.4, 0.5) is 8.78 Å². The second-order valence-electron chi connectivity index (χ2n) is 4.39. The van der Waals surface area contributed by atoms with Gasteiger partial charge in [-0.3, -0.25) is 0 Å². The molecule has 4 heteroatoms. The van der Waals surface area contributed by atoms with Gasteiger partial charge in [-0.15, -0.1) is 0 Å². The number of benzene rings is 1. The van der Waals surface area contributed by atoms with Crippen LogP contribution in [0.5, 0.6) is 0 Å². The van der Waals surface area contributed by atoms with E-state index in [4.69, 9.17) is 5.73 Å². The average molecular weight is 229 g/mol. The fourth-order valence-electron chi connectivity index (χ4n) is 1.61. The third-order valence-electron chi connectivity index (χ3n) is 2.44. The summed E-state index contributed by atoms with van der Waals surface area (Å²) in [5.74, 6) is -0.891. The zero-order valence-corrected chi connectivity index (χ0v) is 9.45. The summed E-state index contributed by atoms with van der Waals surface area (Å²) in [4.78, 5) is 0. The predicted octanol–water partition coefficient (Wildman–Crippen LogP) is 2.37. The van der Waals surface area contributed by atoms with Crippen LogP contribution < -0.4 is 5.73 Å². The Morgan fingerprint density at radius 3 is 2.50 bits per heavy atom. The molecule has 0 saturated carbocycles. The molecule has 0 spiro atoms. The molecule has 0 aliphatic heterocycles. The number of rotatable bonds is 4. The van der Waals surface area contributed by atoms with Crippen molar-refractivity contribution in [3.63, 3.8) is 0 Å². The molecule has 0 bridgehead atoms. The summed E-state index contributed by atoms with van der Waals surface area (Å²) >= 11 is 0. The van der Waals surface area contributed by atoms with E-state index in [1.54, 1.807) is 0 Å². The number of aliphatic hydroxyl groups is 1. The van der Waals surface area contributed by atoms with E-state index < -0.39 is 23.8 Å². The Balaban J connectivity index is 2.86. The summed E-state index contributed by atoms with van der Waals surface area (Å²) in [5, 5.41) is 9.74. The lowest BCUT2D eigenvalue weighted by Crippen LogP contribution is -2.28. The maximum Gasteiger partial charge on any atom is 0.128 e. The zero-order chi connectivity index (χ0) is 12.3. The van der Waals surface area contributed by atoms with Gasteiger partial charge in [-0.1, -0.05) is 13.8 Å². The largest absolute Gasteiger partial charge is 0.391 e. The van der Waals surface area contributed by atoms with Crippen molar-refractivity contribution < 1.29 is 13.9 Å². The van der Waals surface area contributed by atoms with Crippen LogP contribution in [0.25, 0.3) is 0 Å². The van der Waals surface area contributed by atoms with Crippen molar-refractivity contribution >= 4 is 0 Å². The minimum absolute atomic E-state index is 0.0214. The van der Waals surface area contributed by atoms with Gasteiger partial charge >= 0.3 is 0 Å². The fraction of sp³-hybridized carbons (Fsp3) is 0.500. The van der Waals surface area contributed by atoms with Crippen molar-refractivity contribution in [2.45, 2.75) is 32.4 Å². The van der Waals surface area contributed by atoms with Crippen molar-refractivity contribution in [1.29, 1.82) is 0 Å². The molecule has 2 nitrogen and oxygen atoms in total. The molecule has 1 rings (SSSR count). The second-order valence-corrected chi connectivity index (χ2v) is 4.39. The highest BCUT2D eigenvalue weighted by Crippen LogP contribution is 2.22. The monoisotopic (exact) mass is 229 g/mol. The van der Waals surface area contributed by atoms with Gasteiger partial charge in [0.25, 0.3) is 0 Å². The molecule has 0 unspecified atom stereocenters. The molecule has 16 heavy (non-hydrogen) atoms. The topological polar surface area (TPSA) is 46.2 Å². The molecule has 0 amide bonds. The Morgan fingerprint density at radius 2 is 1.94 bits per heavy atom. The van der Waals surface area contributed by atoms with Crippen LogP contribution in [0.15, 0.2) is 18.2 Å². The van der Waals surface area contributed by atoms with Gasteiger partial charge in [-0.2, -0.15) is 0 Å². The molecular formula is C12H17F2NO. The van der Waals surface area contributed by atoms with E-state index in [1.165, 1.54) is 0 Å². The zero-order valence-electron chi connectivity index (χ0n) is 9.45. The predicted molar refractivity (Wildman–Crippen MR) is 58.7 cm³/mol. The summed E-state index contributed by atoms with van der Waals surface area (Å²) < 4.78 is 26.3. The van der Waals surface area contributed by atoms with Gasteiger partial charge in [0.15, 0.2) is 0 Å². The van der Waals surface area contributed by atoms with Crippen LogP contribution in [-0.2, 0) is 0 Å². The SMILES string of the molecule is CC(C)C[C@H](O)[C@H](N)c1cc(F)ccc1F. The summed E-state index contributed by atoms with van der Waals surface area (Å²) in [6.45, 7) is 3.86. The first-order chi connectivity index (χ1) is 7.41. The van der Waals surface area contributed by atoms with Crippen molar-refractivity contribution in [2.75, 3.05) is 0 Å². The quantitative estimate of drug-likeness (QED) is 0.832. The van der Waals surface area contributed by atoms with Gasteiger partial charge < -0.3 is 10.8 Å². The molecule has 0 aliphatic rings. The van der Waals surface area contributed by atoms with Gasteiger partial charge in [0.05, 0.1) is 12.1 Å². The third kappa shape index (κ3) is 3.25. The van der Waals surface area contributed by atoms with E-state index in [0.29, 0.717) is 6.42 Å². The van der Waals surface area contributed by atoms with E-state index >= 15 is 0 Å². The summed E-state index contributed by atoms with van der Waals surface area (Å²) in [7, 11) is 0. The Kier molecular flexibility index (Phi) is 4.38. The normalized spacial score (nSPS) is 15.2. The third-order valence-corrected chi connectivity index (χ3v) is 2.44. The van der Waals surface area contributed by atoms with Gasteiger partial charge in [-0.25, -0.2) is 8.78 Å². The number of aliphatic hydroxyl groups excluding tert-OH is 1. The van der Waals surface area contributed by atoms with Crippen LogP contribution >= 0.6 is 0 Å². The summed E-state index contributed by atoms with van der Waals surface area (Å²) in [5.41, 5.74) is 5.72. The van der Waals surface area contributed by atoms with Crippen LogP contribution in [0.3, 0.4) is 0 Å². The molecular weight excluding hydrogens is 212 g/mol. The molecule has 0 saturated heterocycles. The molecule has 90 valence electrons. The second kappa shape index (κ2) is 5.37. The minimum Gasteiger partial charge on any atom is -0.391 e. The molecule has 0 aromatic heterocycles. The summed E-state index contributed by atoms with van der Waals surface area (Å²) in [6.07, 6.45) is -0.409. The highest BCUT2D eigenvalue weighted by Gasteiger charge is 2.21. The first-order valence-electron chi connectivity index (χ1n) is 5.30. The lowest BCUT2D eigenvalue weighted by molar-refractivity contribution is 0.119. The number of halogens is 2. The first kappa shape index (κ1) is 13.1. The maximum absolute atomic E-state index is 13.4. The maximum atomic E-state index is 13.4. The Hall–Kier alpha value is -1.00. The van der Waals surface area contributed by atoms with Crippen molar-refractivity contribution in [3.05, 3.63) is 35.4 Å². The molecule has 0 heterocycles. The lowest BCUT2D eigenvalue weighted by atomic mass is 9.95. The Bertz CT molecular complexity index is 355. The molecule has 0 fully saturated rings. The van der Waals surface area contributed by atoms with Crippen LogP contribution in [0.1, 0.15) is 31.9 Å². The minimum atomic E-state index is -0.891. The number of nitrogens with two attached hydrogens (primary N) is 1. The Labute approximate surface area is 94.1 Å². The first-order valence-corrected chi connectivity index (χ1v) is 5.30. The molecule has 1 aromatic carbocycles. The van der Waals surface area contributed by atoms with Gasteiger partial charge in [0, 0.05) is 5.56 Å². The highest BCUT2D eigenvalue weighted by molar-refractivity contribution is 5.23. The fourth-order valence-corrected chi connectivity index (χ4v) is 1.61. The van der Waals surface area contributed by atoms with Crippen LogP contribution in [-0.4, -0.2) is 11.2 Å². The number of hydrogen-bond donors (Lipinski definition) is 2. The molecule has 1 aromatic rings. The van der Waals surface area contributed by atoms with Crippen LogP contribution in [0.2, 0.25) is 0 Å².